The Balaban J connectivity index is 1.23. The van der Waals surface area contributed by atoms with Gasteiger partial charge in [-0.25, -0.2) is 0 Å². The van der Waals surface area contributed by atoms with Crippen molar-refractivity contribution in [2.45, 2.75) is 32.5 Å². The fourth-order valence-electron chi connectivity index (χ4n) is 4.48. The second-order valence-corrected chi connectivity index (χ2v) is 7.87. The van der Waals surface area contributed by atoms with Crippen LogP contribution in [0, 0.1) is 5.92 Å². The topological polar surface area (TPSA) is 39.6 Å². The molecule has 0 bridgehead atoms. The molecule has 3 aliphatic heterocycles. The van der Waals surface area contributed by atoms with Gasteiger partial charge in [-0.2, -0.15) is 5.10 Å². The molecule has 0 unspecified atom stereocenters. The first kappa shape index (κ1) is 16.5. The molecule has 1 aromatic rings. The molecule has 1 atom stereocenters. The van der Waals surface area contributed by atoms with Crippen LogP contribution in [0.25, 0.3) is 0 Å². The number of piperazine rings is 1. The summed E-state index contributed by atoms with van der Waals surface area (Å²) in [5, 5.41) is 8.20. The van der Waals surface area contributed by atoms with E-state index in [1.165, 1.54) is 70.0 Å². The predicted molar refractivity (Wildman–Crippen MR) is 95.9 cm³/mol. The van der Waals surface area contributed by atoms with Crippen LogP contribution >= 0.6 is 0 Å². The highest BCUT2D eigenvalue weighted by atomic mass is 15.3. The first-order valence-electron chi connectivity index (χ1n) is 9.66. The minimum absolute atomic E-state index is 0.877. The van der Waals surface area contributed by atoms with Crippen molar-refractivity contribution >= 4 is 0 Å². The maximum atomic E-state index is 4.78. The van der Waals surface area contributed by atoms with Crippen LogP contribution in [0.5, 0.6) is 0 Å². The fraction of sp³-hybridized carbons (Fsp3) is 0.833. The van der Waals surface area contributed by atoms with Crippen LogP contribution in [-0.4, -0.2) is 83.9 Å². The number of rotatable bonds is 4. The van der Waals surface area contributed by atoms with Crippen molar-refractivity contribution in [3.05, 3.63) is 17.5 Å². The zero-order valence-corrected chi connectivity index (χ0v) is 15.1. The molecule has 0 spiro atoms. The molecule has 134 valence electrons. The Hall–Kier alpha value is -0.950. The van der Waals surface area contributed by atoms with Crippen LogP contribution in [-0.2, 0) is 19.6 Å². The van der Waals surface area contributed by atoms with Crippen molar-refractivity contribution in [1.82, 2.24) is 29.8 Å². The lowest BCUT2D eigenvalue weighted by molar-refractivity contribution is 0.0923. The molecule has 4 heterocycles. The normalized spacial score (nSPS) is 27.3. The molecule has 0 radical (unpaired) electrons. The van der Waals surface area contributed by atoms with Crippen molar-refractivity contribution < 1.29 is 0 Å². The minimum Gasteiger partial charge on any atom is -0.309 e. The lowest BCUT2D eigenvalue weighted by atomic mass is 9.97. The van der Waals surface area contributed by atoms with Gasteiger partial charge < -0.3 is 15.1 Å². The van der Waals surface area contributed by atoms with Crippen LogP contribution in [0.4, 0.5) is 0 Å². The monoisotopic (exact) mass is 332 g/mol. The maximum Gasteiger partial charge on any atom is 0.0768 e. The summed E-state index contributed by atoms with van der Waals surface area (Å²) >= 11 is 0. The third-order valence-electron chi connectivity index (χ3n) is 5.81. The van der Waals surface area contributed by atoms with Crippen molar-refractivity contribution in [2.24, 2.45) is 5.92 Å². The molecule has 2 saturated heterocycles. The van der Waals surface area contributed by atoms with Crippen LogP contribution < -0.4 is 5.32 Å². The second kappa shape index (κ2) is 7.52. The minimum atomic E-state index is 0.877. The second-order valence-electron chi connectivity index (χ2n) is 7.87. The lowest BCUT2D eigenvalue weighted by Gasteiger charge is -2.38. The van der Waals surface area contributed by atoms with Crippen LogP contribution in [0.3, 0.4) is 0 Å². The van der Waals surface area contributed by atoms with Crippen molar-refractivity contribution in [1.29, 1.82) is 0 Å². The van der Waals surface area contributed by atoms with E-state index in [0.717, 1.165) is 32.1 Å². The molecule has 0 aliphatic carbocycles. The third kappa shape index (κ3) is 3.99. The molecule has 6 heteroatoms. The van der Waals surface area contributed by atoms with Gasteiger partial charge >= 0.3 is 0 Å². The van der Waals surface area contributed by atoms with Gasteiger partial charge in [0.25, 0.3) is 0 Å². The van der Waals surface area contributed by atoms with Gasteiger partial charge in [-0.15, -0.1) is 0 Å². The number of piperidine rings is 1. The van der Waals surface area contributed by atoms with Gasteiger partial charge in [0.05, 0.1) is 17.9 Å². The molecule has 0 saturated carbocycles. The highest BCUT2D eigenvalue weighted by molar-refractivity contribution is 5.12. The van der Waals surface area contributed by atoms with Gasteiger partial charge in [0.15, 0.2) is 0 Å². The summed E-state index contributed by atoms with van der Waals surface area (Å²) in [5.41, 5.74) is 2.59. The maximum absolute atomic E-state index is 4.78. The summed E-state index contributed by atoms with van der Waals surface area (Å²) < 4.78 is 2.18. The Kier molecular flexibility index (Phi) is 5.17. The van der Waals surface area contributed by atoms with Crippen molar-refractivity contribution in [3.63, 3.8) is 0 Å². The van der Waals surface area contributed by atoms with Crippen LogP contribution in [0.15, 0.2) is 6.07 Å². The van der Waals surface area contributed by atoms with Gasteiger partial charge in [-0.1, -0.05) is 0 Å². The van der Waals surface area contributed by atoms with E-state index in [0.29, 0.717) is 0 Å². The van der Waals surface area contributed by atoms with E-state index in [4.69, 9.17) is 5.10 Å². The molecule has 0 aromatic carbocycles. The van der Waals surface area contributed by atoms with E-state index >= 15 is 0 Å². The quantitative estimate of drug-likeness (QED) is 0.867. The standard InChI is InChI=1S/C18H32N6/c1-21-5-2-3-16(13-21)14-22-7-9-23(10-8-22)15-17-11-18-12-19-4-6-24(18)20-17/h11,16,19H,2-10,12-15H2,1H3/t16-/m0/s1. The van der Waals surface area contributed by atoms with Crippen molar-refractivity contribution in [3.8, 4) is 0 Å². The number of nitrogens with one attached hydrogen (secondary N) is 1. The number of aromatic nitrogens is 2. The van der Waals surface area contributed by atoms with E-state index in [2.05, 4.69) is 37.8 Å². The summed E-state index contributed by atoms with van der Waals surface area (Å²) in [6, 6.07) is 2.29. The van der Waals surface area contributed by atoms with E-state index in [1.807, 2.05) is 0 Å². The Morgan fingerprint density at radius 3 is 2.75 bits per heavy atom. The molecule has 6 nitrogen and oxygen atoms in total. The van der Waals surface area contributed by atoms with E-state index in [1.54, 1.807) is 0 Å². The molecule has 3 aliphatic rings. The van der Waals surface area contributed by atoms with E-state index in [9.17, 15) is 0 Å². The third-order valence-corrected chi connectivity index (χ3v) is 5.81. The Bertz CT molecular complexity index is 510. The van der Waals surface area contributed by atoms with Gasteiger partial charge in [-0.05, 0) is 38.4 Å². The van der Waals surface area contributed by atoms with Crippen LogP contribution in [0.1, 0.15) is 24.2 Å². The molecule has 4 rings (SSSR count). The van der Waals surface area contributed by atoms with Gasteiger partial charge in [0, 0.05) is 58.9 Å². The van der Waals surface area contributed by atoms with Crippen molar-refractivity contribution in [2.75, 3.05) is 59.4 Å². The van der Waals surface area contributed by atoms with Gasteiger partial charge in [0.2, 0.25) is 0 Å². The number of hydrogen-bond acceptors (Lipinski definition) is 5. The molecular formula is C18H32N6. The first-order valence-corrected chi connectivity index (χ1v) is 9.66. The Morgan fingerprint density at radius 1 is 1.12 bits per heavy atom. The summed E-state index contributed by atoms with van der Waals surface area (Å²) in [6.45, 7) is 12.7. The van der Waals surface area contributed by atoms with Crippen LogP contribution in [0.2, 0.25) is 0 Å². The summed E-state index contributed by atoms with van der Waals surface area (Å²) in [7, 11) is 2.27. The summed E-state index contributed by atoms with van der Waals surface area (Å²) in [6.07, 6.45) is 2.79. The number of nitrogens with zero attached hydrogens (tertiary/aromatic N) is 5. The average Bonchev–Trinajstić information content (AvgIpc) is 2.99. The zero-order valence-electron chi connectivity index (χ0n) is 15.1. The lowest BCUT2D eigenvalue weighted by Crippen LogP contribution is -2.49. The highest BCUT2D eigenvalue weighted by Gasteiger charge is 2.23. The Morgan fingerprint density at radius 2 is 1.96 bits per heavy atom. The fourth-order valence-corrected chi connectivity index (χ4v) is 4.48. The molecule has 1 aromatic heterocycles. The number of likely N-dealkylation sites (tertiary alicyclic amines) is 1. The number of fused-ring (bicyclic) bond motifs is 1. The molecule has 0 amide bonds. The van der Waals surface area contributed by atoms with Gasteiger partial charge in [-0.3, -0.25) is 9.58 Å². The molecule has 1 N–H and O–H groups in total. The largest absolute Gasteiger partial charge is 0.309 e. The molecule has 2 fully saturated rings. The highest BCUT2D eigenvalue weighted by Crippen LogP contribution is 2.18. The predicted octanol–water partition coefficient (Wildman–Crippen LogP) is 0.446. The number of hydrogen-bond donors (Lipinski definition) is 1. The van der Waals surface area contributed by atoms with E-state index < -0.39 is 0 Å². The van der Waals surface area contributed by atoms with Gasteiger partial charge in [0.1, 0.15) is 0 Å². The van der Waals surface area contributed by atoms with E-state index in [-0.39, 0.29) is 0 Å². The SMILES string of the molecule is CN1CCC[C@H](CN2CCN(Cc3cc4n(n3)CCNC4)CC2)C1. The smallest absolute Gasteiger partial charge is 0.0768 e. The summed E-state index contributed by atoms with van der Waals surface area (Å²) in [4.78, 5) is 7.76. The zero-order chi connectivity index (χ0) is 16.4. The molecular weight excluding hydrogens is 300 g/mol. The Labute approximate surface area is 145 Å². The first-order chi connectivity index (χ1) is 11.8. The summed E-state index contributed by atoms with van der Waals surface area (Å²) in [5.74, 6) is 0.877. The average molecular weight is 332 g/mol. The molecule has 24 heavy (non-hydrogen) atoms.